The number of nitrogens with two attached hydrogens (primary N) is 1. The van der Waals surface area contributed by atoms with Crippen LogP contribution in [-0.4, -0.2) is 14.0 Å². The third-order valence-corrected chi connectivity index (χ3v) is 5.34. The smallest absolute Gasteiger partial charge is 0.242 e. The molecule has 6 heteroatoms. The summed E-state index contributed by atoms with van der Waals surface area (Å²) in [6.45, 7) is 7.57. The van der Waals surface area contributed by atoms with Crippen LogP contribution in [0.2, 0.25) is 0 Å². The van der Waals surface area contributed by atoms with E-state index in [0.717, 1.165) is 11.1 Å². The van der Waals surface area contributed by atoms with Gasteiger partial charge in [-0.3, -0.25) is 0 Å². The first-order valence-electron chi connectivity index (χ1n) is 5.60. The van der Waals surface area contributed by atoms with Gasteiger partial charge in [0, 0.05) is 16.6 Å². The van der Waals surface area contributed by atoms with Gasteiger partial charge in [0.1, 0.15) is 0 Å². The molecule has 0 aliphatic heterocycles. The van der Waals surface area contributed by atoms with Crippen molar-refractivity contribution in [1.82, 2.24) is 4.72 Å². The average molecular weight is 335 g/mol. The highest BCUT2D eigenvalue weighted by atomic mass is 79.9. The monoisotopic (exact) mass is 334 g/mol. The lowest BCUT2D eigenvalue weighted by Gasteiger charge is -2.21. The molecular weight excluding hydrogens is 316 g/mol. The second-order valence-corrected chi connectivity index (χ2v) is 7.73. The maximum atomic E-state index is 12.3. The largest absolute Gasteiger partial charge is 0.326 e. The molecule has 0 aliphatic carbocycles. The second-order valence-electron chi connectivity index (χ2n) is 5.28. The summed E-state index contributed by atoms with van der Waals surface area (Å²) in [5.74, 6) is 0. The van der Waals surface area contributed by atoms with Crippen molar-refractivity contribution >= 4 is 26.0 Å². The van der Waals surface area contributed by atoms with Crippen LogP contribution in [0.4, 0.5) is 0 Å². The van der Waals surface area contributed by atoms with Gasteiger partial charge in [-0.05, 0) is 60.8 Å². The zero-order valence-corrected chi connectivity index (χ0v) is 13.4. The van der Waals surface area contributed by atoms with Crippen molar-refractivity contribution in [3.63, 3.8) is 0 Å². The predicted octanol–water partition coefficient (Wildman–Crippen LogP) is 2.29. The maximum Gasteiger partial charge on any atom is 0.242 e. The summed E-state index contributed by atoms with van der Waals surface area (Å²) in [5, 5.41) is 0. The zero-order valence-electron chi connectivity index (χ0n) is 11.0. The average Bonchev–Trinajstić information content (AvgIpc) is 2.17. The molecule has 0 saturated heterocycles. The van der Waals surface area contributed by atoms with E-state index in [1.807, 2.05) is 13.0 Å². The van der Waals surface area contributed by atoms with E-state index in [-0.39, 0.29) is 4.90 Å². The number of nitrogens with one attached hydrogen (secondary N) is 1. The van der Waals surface area contributed by atoms with Crippen LogP contribution in [0.25, 0.3) is 0 Å². The molecule has 0 fully saturated rings. The second kappa shape index (κ2) is 5.28. The van der Waals surface area contributed by atoms with Crippen molar-refractivity contribution < 1.29 is 8.42 Å². The minimum absolute atomic E-state index is 0.234. The van der Waals surface area contributed by atoms with Gasteiger partial charge in [0.15, 0.2) is 0 Å². The minimum atomic E-state index is -3.56. The molecule has 4 nitrogen and oxygen atoms in total. The molecule has 0 atom stereocenters. The molecule has 1 aromatic carbocycles. The Bertz CT molecular complexity index is 548. The van der Waals surface area contributed by atoms with E-state index in [0.29, 0.717) is 11.0 Å². The lowest BCUT2D eigenvalue weighted by molar-refractivity contribution is 0.491. The Morgan fingerprint density at radius 2 is 1.89 bits per heavy atom. The molecule has 0 heterocycles. The van der Waals surface area contributed by atoms with Gasteiger partial charge in [-0.2, -0.15) is 0 Å². The highest BCUT2D eigenvalue weighted by molar-refractivity contribution is 9.10. The Morgan fingerprint density at radius 3 is 2.33 bits per heavy atom. The van der Waals surface area contributed by atoms with Gasteiger partial charge >= 0.3 is 0 Å². The van der Waals surface area contributed by atoms with E-state index >= 15 is 0 Å². The molecule has 0 aromatic heterocycles. The van der Waals surface area contributed by atoms with E-state index in [9.17, 15) is 8.42 Å². The van der Waals surface area contributed by atoms with E-state index in [4.69, 9.17) is 5.73 Å². The van der Waals surface area contributed by atoms with Crippen LogP contribution in [0.1, 0.15) is 31.9 Å². The van der Waals surface area contributed by atoms with E-state index < -0.39 is 15.6 Å². The summed E-state index contributed by atoms with van der Waals surface area (Å²) in [7, 11) is -3.56. The number of benzene rings is 1. The molecule has 1 aromatic rings. The number of hydrogen-bond donors (Lipinski definition) is 2. The lowest BCUT2D eigenvalue weighted by atomic mass is 10.1. The highest BCUT2D eigenvalue weighted by Crippen LogP contribution is 2.28. The number of aryl methyl sites for hydroxylation is 1. The Morgan fingerprint density at radius 1 is 1.33 bits per heavy atom. The molecule has 0 amide bonds. The predicted molar refractivity (Wildman–Crippen MR) is 76.8 cm³/mol. The molecule has 3 N–H and O–H groups in total. The SMILES string of the molecule is Cc1cc(CN)cc(S(=O)(=O)NC(C)(C)C)c1Br. The van der Waals surface area contributed by atoms with Gasteiger partial charge in [-0.1, -0.05) is 6.07 Å². The van der Waals surface area contributed by atoms with Gasteiger partial charge in [-0.25, -0.2) is 13.1 Å². The van der Waals surface area contributed by atoms with Crippen LogP contribution in [0, 0.1) is 6.92 Å². The van der Waals surface area contributed by atoms with Gasteiger partial charge in [0.2, 0.25) is 10.0 Å². The zero-order chi connectivity index (χ0) is 14.1. The summed E-state index contributed by atoms with van der Waals surface area (Å²) in [6.07, 6.45) is 0. The number of sulfonamides is 1. The molecule has 18 heavy (non-hydrogen) atoms. The molecule has 0 spiro atoms. The van der Waals surface area contributed by atoms with Crippen LogP contribution < -0.4 is 10.5 Å². The molecule has 0 aliphatic rings. The molecule has 0 saturated carbocycles. The number of rotatable bonds is 3. The Kier molecular flexibility index (Phi) is 4.59. The van der Waals surface area contributed by atoms with Crippen LogP contribution in [0.3, 0.4) is 0 Å². The van der Waals surface area contributed by atoms with Crippen molar-refractivity contribution in [2.75, 3.05) is 0 Å². The van der Waals surface area contributed by atoms with Gasteiger partial charge in [0.25, 0.3) is 0 Å². The lowest BCUT2D eigenvalue weighted by Crippen LogP contribution is -2.40. The molecular formula is C12H19BrN2O2S. The quantitative estimate of drug-likeness (QED) is 0.890. The molecule has 102 valence electrons. The summed E-state index contributed by atoms with van der Waals surface area (Å²) in [5.41, 5.74) is 6.70. The van der Waals surface area contributed by atoms with Crippen LogP contribution in [0.5, 0.6) is 0 Å². The molecule has 0 unspecified atom stereocenters. The van der Waals surface area contributed by atoms with Crippen molar-refractivity contribution in [2.45, 2.75) is 44.7 Å². The summed E-state index contributed by atoms with van der Waals surface area (Å²) >= 11 is 3.33. The fourth-order valence-electron chi connectivity index (χ4n) is 1.58. The molecule has 0 bridgehead atoms. The summed E-state index contributed by atoms with van der Waals surface area (Å²) in [4.78, 5) is 0.234. The third-order valence-electron chi connectivity index (χ3n) is 2.25. The van der Waals surface area contributed by atoms with Crippen molar-refractivity contribution in [3.8, 4) is 0 Å². The molecule has 0 radical (unpaired) electrons. The van der Waals surface area contributed by atoms with E-state index in [1.54, 1.807) is 26.8 Å². The first-order valence-corrected chi connectivity index (χ1v) is 7.87. The number of hydrogen-bond acceptors (Lipinski definition) is 3. The van der Waals surface area contributed by atoms with Gasteiger partial charge < -0.3 is 5.73 Å². The summed E-state index contributed by atoms with van der Waals surface area (Å²) < 4.78 is 27.8. The van der Waals surface area contributed by atoms with E-state index in [1.165, 1.54) is 0 Å². The first-order chi connectivity index (χ1) is 8.07. The summed E-state index contributed by atoms with van der Waals surface area (Å²) in [6, 6.07) is 3.48. The Hall–Kier alpha value is -0.430. The van der Waals surface area contributed by atoms with Crippen LogP contribution >= 0.6 is 15.9 Å². The Balaban J connectivity index is 3.36. The number of halogens is 1. The third kappa shape index (κ3) is 3.78. The van der Waals surface area contributed by atoms with E-state index in [2.05, 4.69) is 20.7 Å². The van der Waals surface area contributed by atoms with Crippen molar-refractivity contribution in [1.29, 1.82) is 0 Å². The molecule has 1 rings (SSSR count). The fraction of sp³-hybridized carbons (Fsp3) is 0.500. The Labute approximate surface area is 117 Å². The maximum absolute atomic E-state index is 12.3. The van der Waals surface area contributed by atoms with Crippen molar-refractivity contribution in [2.24, 2.45) is 5.73 Å². The topological polar surface area (TPSA) is 72.2 Å². The minimum Gasteiger partial charge on any atom is -0.326 e. The normalized spacial score (nSPS) is 12.8. The van der Waals surface area contributed by atoms with Crippen LogP contribution in [0.15, 0.2) is 21.5 Å². The van der Waals surface area contributed by atoms with Crippen LogP contribution in [-0.2, 0) is 16.6 Å². The van der Waals surface area contributed by atoms with Gasteiger partial charge in [-0.15, -0.1) is 0 Å². The fourth-order valence-corrected chi connectivity index (χ4v) is 4.07. The highest BCUT2D eigenvalue weighted by Gasteiger charge is 2.25. The van der Waals surface area contributed by atoms with Gasteiger partial charge in [0.05, 0.1) is 4.90 Å². The van der Waals surface area contributed by atoms with Crippen molar-refractivity contribution in [3.05, 3.63) is 27.7 Å². The standard InChI is InChI=1S/C12H19BrN2O2S/c1-8-5-9(7-14)6-10(11(8)13)18(16,17)15-12(2,3)4/h5-6,15H,7,14H2,1-4H3. The first kappa shape index (κ1) is 15.6.